The van der Waals surface area contributed by atoms with E-state index in [9.17, 15) is 9.59 Å². The highest BCUT2D eigenvalue weighted by Crippen LogP contribution is 2.24. The molecule has 24 heavy (non-hydrogen) atoms. The molecule has 0 heterocycles. The third-order valence-electron chi connectivity index (χ3n) is 3.11. The molecule has 2 aromatic carbocycles. The van der Waals surface area contributed by atoms with Crippen LogP contribution in [0.2, 0.25) is 0 Å². The average molecular weight is 407 g/mol. The lowest BCUT2D eigenvalue weighted by molar-refractivity contribution is -0.116. The summed E-state index contributed by atoms with van der Waals surface area (Å²) in [4.78, 5) is 24.6. The number of carbonyl (C=O) groups excluding carboxylic acids is 2. The molecule has 0 fully saturated rings. The largest absolute Gasteiger partial charge is 0.326 e. The van der Waals surface area contributed by atoms with E-state index in [1.54, 1.807) is 0 Å². The average Bonchev–Trinajstić information content (AvgIpc) is 2.56. The molecule has 2 N–H and O–H groups in total. The van der Waals surface area contributed by atoms with Crippen molar-refractivity contribution in [1.29, 1.82) is 0 Å². The van der Waals surface area contributed by atoms with Gasteiger partial charge in [0.15, 0.2) is 0 Å². The van der Waals surface area contributed by atoms with Crippen LogP contribution in [0.15, 0.2) is 57.9 Å². The van der Waals surface area contributed by atoms with Crippen molar-refractivity contribution in [3.05, 3.63) is 53.0 Å². The molecule has 0 bridgehead atoms. The van der Waals surface area contributed by atoms with Gasteiger partial charge in [0.25, 0.3) is 0 Å². The number of para-hydroxylation sites is 1. The van der Waals surface area contributed by atoms with Crippen LogP contribution in [0.1, 0.15) is 19.8 Å². The van der Waals surface area contributed by atoms with Gasteiger partial charge in [0.05, 0.1) is 11.4 Å². The van der Waals surface area contributed by atoms with E-state index >= 15 is 0 Å². The van der Waals surface area contributed by atoms with Crippen LogP contribution in [0.3, 0.4) is 0 Å². The van der Waals surface area contributed by atoms with Crippen molar-refractivity contribution in [2.24, 2.45) is 0 Å². The molecule has 2 aromatic rings. The quantitative estimate of drug-likeness (QED) is 0.641. The van der Waals surface area contributed by atoms with Gasteiger partial charge in [0.2, 0.25) is 11.8 Å². The van der Waals surface area contributed by atoms with Crippen molar-refractivity contribution in [2.45, 2.75) is 24.7 Å². The molecule has 0 unspecified atom stereocenters. The normalized spacial score (nSPS) is 10.2. The van der Waals surface area contributed by atoms with Crippen molar-refractivity contribution < 1.29 is 9.59 Å². The summed E-state index contributed by atoms with van der Waals surface area (Å²) in [5, 5.41) is 5.73. The molecular weight excluding hydrogens is 388 g/mol. The van der Waals surface area contributed by atoms with Gasteiger partial charge in [-0.05, 0) is 52.7 Å². The number of hydrogen-bond donors (Lipinski definition) is 2. The fourth-order valence-corrected chi connectivity index (χ4v) is 3.15. The summed E-state index contributed by atoms with van der Waals surface area (Å²) < 4.78 is 0.851. The van der Waals surface area contributed by atoms with Crippen LogP contribution in [0.4, 0.5) is 11.4 Å². The second-order valence-corrected chi connectivity index (χ2v) is 7.05. The predicted molar refractivity (Wildman–Crippen MR) is 103 cm³/mol. The third kappa shape index (κ3) is 6.02. The van der Waals surface area contributed by atoms with Crippen molar-refractivity contribution in [3.63, 3.8) is 0 Å². The zero-order chi connectivity index (χ0) is 17.4. The van der Waals surface area contributed by atoms with E-state index in [2.05, 4.69) is 26.6 Å². The maximum Gasteiger partial charge on any atom is 0.234 e. The van der Waals surface area contributed by atoms with E-state index < -0.39 is 0 Å². The molecule has 0 saturated heterocycles. The molecule has 0 aromatic heterocycles. The molecule has 0 spiro atoms. The van der Waals surface area contributed by atoms with Gasteiger partial charge >= 0.3 is 0 Å². The van der Waals surface area contributed by atoms with Gasteiger partial charge in [0.1, 0.15) is 0 Å². The molecule has 2 amide bonds. The molecule has 126 valence electrons. The summed E-state index contributed by atoms with van der Waals surface area (Å²) in [5.74, 6) is 0.229. The zero-order valence-electron chi connectivity index (χ0n) is 13.3. The van der Waals surface area contributed by atoms with Crippen molar-refractivity contribution >= 4 is 50.9 Å². The Balaban J connectivity index is 1.88. The number of carbonyl (C=O) groups is 2. The highest BCUT2D eigenvalue weighted by Gasteiger charge is 2.07. The molecule has 0 radical (unpaired) electrons. The van der Waals surface area contributed by atoms with E-state index in [0.29, 0.717) is 12.2 Å². The van der Waals surface area contributed by atoms with Crippen molar-refractivity contribution in [3.8, 4) is 0 Å². The summed E-state index contributed by atoms with van der Waals surface area (Å²) in [7, 11) is 0. The van der Waals surface area contributed by atoms with E-state index in [0.717, 1.165) is 27.2 Å². The van der Waals surface area contributed by atoms with E-state index in [1.165, 1.54) is 11.8 Å². The smallest absolute Gasteiger partial charge is 0.234 e. The molecule has 0 atom stereocenters. The first kappa shape index (κ1) is 18.5. The Morgan fingerprint density at radius 1 is 1.04 bits per heavy atom. The van der Waals surface area contributed by atoms with Crippen LogP contribution in [0.25, 0.3) is 0 Å². The highest BCUT2D eigenvalue weighted by molar-refractivity contribution is 9.10. The molecular formula is C18H19BrN2O2S. The Kier molecular flexibility index (Phi) is 7.34. The van der Waals surface area contributed by atoms with Gasteiger partial charge < -0.3 is 10.6 Å². The fraction of sp³-hybridized carbons (Fsp3) is 0.222. The first-order valence-electron chi connectivity index (χ1n) is 7.65. The lowest BCUT2D eigenvalue weighted by Crippen LogP contribution is -2.14. The number of halogens is 1. The van der Waals surface area contributed by atoms with Crippen LogP contribution in [0.5, 0.6) is 0 Å². The number of anilines is 2. The van der Waals surface area contributed by atoms with Gasteiger partial charge in [-0.25, -0.2) is 0 Å². The number of thioether (sulfide) groups is 1. The number of benzene rings is 2. The zero-order valence-corrected chi connectivity index (χ0v) is 15.7. The maximum atomic E-state index is 12.1. The minimum atomic E-state index is -0.0766. The third-order valence-corrected chi connectivity index (χ3v) is 4.80. The molecule has 4 nitrogen and oxygen atoms in total. The van der Waals surface area contributed by atoms with E-state index in [4.69, 9.17) is 0 Å². The lowest BCUT2D eigenvalue weighted by Gasteiger charge is -2.08. The maximum absolute atomic E-state index is 12.1. The van der Waals surface area contributed by atoms with E-state index in [1.807, 2.05) is 55.5 Å². The Labute approximate surface area is 154 Å². The number of rotatable bonds is 7. The van der Waals surface area contributed by atoms with Crippen LogP contribution in [-0.2, 0) is 9.59 Å². The minimum absolute atomic E-state index is 0.00585. The SMILES string of the molecule is CCCC(=O)Nc1cccc(SCC(=O)Nc2ccccc2Br)c1. The van der Waals surface area contributed by atoms with Gasteiger partial charge in [-0.2, -0.15) is 0 Å². The van der Waals surface area contributed by atoms with Crippen LogP contribution in [-0.4, -0.2) is 17.6 Å². The van der Waals surface area contributed by atoms with E-state index in [-0.39, 0.29) is 11.8 Å². The standard InChI is InChI=1S/C18H19BrN2O2S/c1-2-6-17(22)20-13-7-5-8-14(11-13)24-12-18(23)21-16-10-4-3-9-15(16)19/h3-5,7-11H,2,6,12H2,1H3,(H,20,22)(H,21,23). The molecule has 0 aliphatic rings. The second kappa shape index (κ2) is 9.49. The Morgan fingerprint density at radius 3 is 2.58 bits per heavy atom. The summed E-state index contributed by atoms with van der Waals surface area (Å²) >= 11 is 4.83. The molecule has 2 rings (SSSR count). The topological polar surface area (TPSA) is 58.2 Å². The lowest BCUT2D eigenvalue weighted by atomic mass is 10.3. The predicted octanol–water partition coefficient (Wildman–Crippen LogP) is 4.92. The molecule has 0 aliphatic heterocycles. The van der Waals surface area contributed by atoms with Crippen molar-refractivity contribution in [1.82, 2.24) is 0 Å². The number of amides is 2. The van der Waals surface area contributed by atoms with Crippen LogP contribution >= 0.6 is 27.7 Å². The summed E-state index contributed by atoms with van der Waals surface area (Å²) in [6.07, 6.45) is 1.32. The first-order valence-corrected chi connectivity index (χ1v) is 9.43. The summed E-state index contributed by atoms with van der Waals surface area (Å²) in [6.45, 7) is 1.97. The second-order valence-electron chi connectivity index (χ2n) is 5.14. The van der Waals surface area contributed by atoms with Gasteiger partial charge in [-0.15, -0.1) is 11.8 Å². The highest BCUT2D eigenvalue weighted by atomic mass is 79.9. The number of hydrogen-bond acceptors (Lipinski definition) is 3. The van der Waals surface area contributed by atoms with Crippen molar-refractivity contribution in [2.75, 3.05) is 16.4 Å². The summed E-state index contributed by atoms with van der Waals surface area (Å²) in [5.41, 5.74) is 1.51. The number of nitrogens with one attached hydrogen (secondary N) is 2. The fourth-order valence-electron chi connectivity index (χ4n) is 2.01. The first-order chi connectivity index (χ1) is 11.6. The molecule has 0 saturated carbocycles. The molecule has 0 aliphatic carbocycles. The van der Waals surface area contributed by atoms with Gasteiger partial charge in [0, 0.05) is 21.5 Å². The van der Waals surface area contributed by atoms with Gasteiger partial charge in [-0.3, -0.25) is 9.59 Å². The monoisotopic (exact) mass is 406 g/mol. The van der Waals surface area contributed by atoms with Gasteiger partial charge in [-0.1, -0.05) is 25.1 Å². The molecule has 6 heteroatoms. The Hall–Kier alpha value is -1.79. The Bertz CT molecular complexity index is 722. The van der Waals surface area contributed by atoms with Crippen LogP contribution < -0.4 is 10.6 Å². The summed E-state index contributed by atoms with van der Waals surface area (Å²) in [6, 6.07) is 15.0. The van der Waals surface area contributed by atoms with Crippen LogP contribution in [0, 0.1) is 0 Å². The minimum Gasteiger partial charge on any atom is -0.326 e. The Morgan fingerprint density at radius 2 is 1.83 bits per heavy atom.